The van der Waals surface area contributed by atoms with Crippen molar-refractivity contribution in [1.29, 1.82) is 0 Å². The quantitative estimate of drug-likeness (QED) is 0.351. The number of aromatic nitrogens is 1. The van der Waals surface area contributed by atoms with E-state index in [0.717, 1.165) is 16.4 Å². The normalized spacial score (nSPS) is 14.1. The van der Waals surface area contributed by atoms with Crippen molar-refractivity contribution in [2.24, 2.45) is 0 Å². The van der Waals surface area contributed by atoms with Crippen molar-refractivity contribution in [3.63, 3.8) is 0 Å². The van der Waals surface area contributed by atoms with Gasteiger partial charge in [0.25, 0.3) is 0 Å². The SMILES string of the molecule is [2H]c1nc(-c2cccc3c2oc2cc4sc(C)c(C)c4cc23)c([2H])c([2H])c1[2H]. The highest BCUT2D eigenvalue weighted by atomic mass is 32.1. The molecule has 2 aromatic carbocycles. The minimum Gasteiger partial charge on any atom is -0.455 e. The highest BCUT2D eigenvalue weighted by molar-refractivity contribution is 7.19. The summed E-state index contributed by atoms with van der Waals surface area (Å²) in [7, 11) is 0. The maximum absolute atomic E-state index is 8.23. The van der Waals surface area contributed by atoms with Gasteiger partial charge >= 0.3 is 0 Å². The van der Waals surface area contributed by atoms with Gasteiger partial charge in [0.2, 0.25) is 0 Å². The zero-order valence-corrected chi connectivity index (χ0v) is 14.0. The van der Waals surface area contributed by atoms with E-state index in [2.05, 4.69) is 24.9 Å². The molecule has 0 aliphatic heterocycles. The number of para-hydroxylation sites is 1. The van der Waals surface area contributed by atoms with E-state index in [4.69, 9.17) is 9.90 Å². The number of hydrogen-bond acceptors (Lipinski definition) is 3. The Morgan fingerprint density at radius 3 is 2.92 bits per heavy atom. The summed E-state index contributed by atoms with van der Waals surface area (Å²) in [6, 6.07) is 9.01. The standard InChI is InChI=1S/C21H15NOS/c1-12-13(2)24-20-11-19-17(10-16(12)20)14-6-5-7-15(21(14)23-19)18-8-3-4-9-22-18/h3-11H,1-2H3/i3D,4D,8D,9D. The second-order valence-electron chi connectivity index (χ2n) is 5.86. The van der Waals surface area contributed by atoms with Gasteiger partial charge in [-0.3, -0.25) is 4.98 Å². The minimum absolute atomic E-state index is 0.165. The average Bonchev–Trinajstić information content (AvgIpc) is 3.18. The van der Waals surface area contributed by atoms with Crippen molar-refractivity contribution in [1.82, 2.24) is 4.98 Å². The number of hydrogen-bond donors (Lipinski definition) is 0. The Labute approximate surface area is 149 Å². The van der Waals surface area contributed by atoms with E-state index in [1.54, 1.807) is 17.4 Å². The summed E-state index contributed by atoms with van der Waals surface area (Å²) in [5.74, 6) is 0. The van der Waals surface area contributed by atoms with Crippen molar-refractivity contribution in [3.05, 3.63) is 65.1 Å². The first-order valence-electron chi connectivity index (χ1n) is 9.66. The third kappa shape index (κ3) is 1.85. The smallest absolute Gasteiger partial charge is 0.144 e. The first-order valence-corrected chi connectivity index (χ1v) is 8.48. The molecule has 5 rings (SSSR count). The van der Waals surface area contributed by atoms with Crippen LogP contribution in [0.3, 0.4) is 0 Å². The molecule has 0 unspecified atom stereocenters. The molecule has 0 spiro atoms. The molecule has 0 radical (unpaired) electrons. The highest BCUT2D eigenvalue weighted by Crippen LogP contribution is 2.39. The predicted molar refractivity (Wildman–Crippen MR) is 102 cm³/mol. The maximum atomic E-state index is 8.23. The summed E-state index contributed by atoms with van der Waals surface area (Å²) < 4.78 is 39.1. The van der Waals surface area contributed by atoms with Crippen molar-refractivity contribution in [2.75, 3.05) is 0 Å². The van der Waals surface area contributed by atoms with Gasteiger partial charge in [-0.05, 0) is 55.1 Å². The summed E-state index contributed by atoms with van der Waals surface area (Å²) in [4.78, 5) is 5.40. The topological polar surface area (TPSA) is 26.0 Å². The van der Waals surface area contributed by atoms with Crippen LogP contribution < -0.4 is 0 Å². The molecular formula is C21H15NOS. The fourth-order valence-corrected chi connectivity index (χ4v) is 4.26. The van der Waals surface area contributed by atoms with Gasteiger partial charge in [-0.25, -0.2) is 0 Å². The lowest BCUT2D eigenvalue weighted by molar-refractivity contribution is 0.670. The molecule has 0 bridgehead atoms. The maximum Gasteiger partial charge on any atom is 0.144 e. The molecule has 0 N–H and O–H groups in total. The molecule has 3 heteroatoms. The van der Waals surface area contributed by atoms with Crippen LogP contribution in [-0.4, -0.2) is 4.98 Å². The number of pyridine rings is 1. The van der Waals surface area contributed by atoms with Crippen molar-refractivity contribution in [3.8, 4) is 11.3 Å². The Morgan fingerprint density at radius 1 is 1.08 bits per heavy atom. The van der Waals surface area contributed by atoms with Crippen LogP contribution in [0.5, 0.6) is 0 Å². The van der Waals surface area contributed by atoms with Crippen LogP contribution in [0.15, 0.2) is 59.0 Å². The van der Waals surface area contributed by atoms with Gasteiger partial charge in [0.05, 0.1) is 11.2 Å². The lowest BCUT2D eigenvalue weighted by Crippen LogP contribution is -1.81. The zero-order valence-electron chi connectivity index (χ0n) is 17.2. The van der Waals surface area contributed by atoms with Crippen LogP contribution in [0.2, 0.25) is 0 Å². The second kappa shape index (κ2) is 4.92. The van der Waals surface area contributed by atoms with Gasteiger partial charge in [0.1, 0.15) is 11.2 Å². The Bertz CT molecular complexity index is 1430. The molecule has 0 atom stereocenters. The Hall–Kier alpha value is -2.65. The number of furan rings is 1. The Kier molecular flexibility index (Phi) is 2.10. The molecule has 0 fully saturated rings. The second-order valence-corrected chi connectivity index (χ2v) is 7.12. The van der Waals surface area contributed by atoms with E-state index in [0.29, 0.717) is 11.1 Å². The summed E-state index contributed by atoms with van der Waals surface area (Å²) in [6.07, 6.45) is -0.310. The number of fused-ring (bicyclic) bond motifs is 4. The van der Waals surface area contributed by atoms with E-state index in [1.165, 1.54) is 20.5 Å². The van der Waals surface area contributed by atoms with Crippen LogP contribution in [0.1, 0.15) is 15.9 Å². The van der Waals surface area contributed by atoms with Gasteiger partial charge in [-0.1, -0.05) is 18.2 Å². The molecule has 0 saturated carbocycles. The van der Waals surface area contributed by atoms with Gasteiger partial charge in [0, 0.05) is 32.1 Å². The fourth-order valence-electron chi connectivity index (χ4n) is 3.18. The van der Waals surface area contributed by atoms with E-state index < -0.39 is 0 Å². The Balaban J connectivity index is 1.87. The van der Waals surface area contributed by atoms with E-state index in [-0.39, 0.29) is 30.0 Å². The average molecular weight is 333 g/mol. The lowest BCUT2D eigenvalue weighted by atomic mass is 10.0. The molecule has 0 saturated heterocycles. The van der Waals surface area contributed by atoms with Gasteiger partial charge in [-0.2, -0.15) is 0 Å². The molecule has 0 amide bonds. The third-order valence-electron chi connectivity index (χ3n) is 4.52. The zero-order chi connectivity index (χ0) is 19.7. The van der Waals surface area contributed by atoms with E-state index >= 15 is 0 Å². The lowest BCUT2D eigenvalue weighted by Gasteiger charge is -2.00. The first-order chi connectivity index (χ1) is 13.4. The van der Waals surface area contributed by atoms with Crippen LogP contribution in [0.4, 0.5) is 0 Å². The Morgan fingerprint density at radius 2 is 2.00 bits per heavy atom. The summed E-state index contributed by atoms with van der Waals surface area (Å²) in [6.45, 7) is 4.24. The summed E-state index contributed by atoms with van der Waals surface area (Å²) >= 11 is 1.74. The number of rotatable bonds is 1. The van der Waals surface area contributed by atoms with Crippen LogP contribution in [0.25, 0.3) is 43.3 Å². The van der Waals surface area contributed by atoms with Gasteiger partial charge < -0.3 is 4.42 Å². The van der Waals surface area contributed by atoms with E-state index in [1.807, 2.05) is 18.2 Å². The van der Waals surface area contributed by atoms with Crippen molar-refractivity contribution >= 4 is 43.4 Å². The molecule has 2 nitrogen and oxygen atoms in total. The molecule has 116 valence electrons. The number of aryl methyl sites for hydroxylation is 2. The van der Waals surface area contributed by atoms with Crippen LogP contribution >= 0.6 is 11.3 Å². The predicted octanol–water partition coefficient (Wildman–Crippen LogP) is 6.48. The first kappa shape index (κ1) is 10.3. The number of nitrogens with zero attached hydrogens (tertiary/aromatic N) is 1. The summed E-state index contributed by atoms with van der Waals surface area (Å²) in [5, 5.41) is 3.11. The summed E-state index contributed by atoms with van der Waals surface area (Å²) in [5.41, 5.74) is 3.38. The number of thiophene rings is 1. The highest BCUT2D eigenvalue weighted by Gasteiger charge is 2.15. The molecular weight excluding hydrogens is 314 g/mol. The van der Waals surface area contributed by atoms with Crippen LogP contribution in [0, 0.1) is 13.8 Å². The van der Waals surface area contributed by atoms with Crippen molar-refractivity contribution in [2.45, 2.75) is 13.8 Å². The number of benzene rings is 2. The molecule has 0 aliphatic carbocycles. The molecule has 3 aromatic heterocycles. The minimum atomic E-state index is -0.336. The monoisotopic (exact) mass is 333 g/mol. The third-order valence-corrected chi connectivity index (χ3v) is 5.69. The van der Waals surface area contributed by atoms with Gasteiger partial charge in [0.15, 0.2) is 0 Å². The van der Waals surface area contributed by atoms with Crippen LogP contribution in [-0.2, 0) is 0 Å². The molecule has 5 aromatic rings. The fraction of sp³-hybridized carbons (Fsp3) is 0.0952. The molecule has 24 heavy (non-hydrogen) atoms. The van der Waals surface area contributed by atoms with Gasteiger partial charge in [-0.15, -0.1) is 11.3 Å². The van der Waals surface area contributed by atoms with E-state index in [9.17, 15) is 0 Å². The van der Waals surface area contributed by atoms with Crippen molar-refractivity contribution < 1.29 is 9.90 Å². The molecule has 0 aliphatic rings. The largest absolute Gasteiger partial charge is 0.455 e. The molecule has 3 heterocycles.